The van der Waals surface area contributed by atoms with Crippen molar-refractivity contribution in [3.63, 3.8) is 0 Å². The van der Waals surface area contributed by atoms with Crippen LogP contribution in [0.2, 0.25) is 0 Å². The summed E-state index contributed by atoms with van der Waals surface area (Å²) >= 11 is 36.6. The molecule has 4 aromatic carbocycles. The zero-order valence-electron chi connectivity index (χ0n) is 37.1. The lowest BCUT2D eigenvalue weighted by Crippen LogP contribution is -2.71. The quantitative estimate of drug-likeness (QED) is 0.0450. The maximum absolute atomic E-state index is 15.0. The van der Waals surface area contributed by atoms with Crippen LogP contribution in [-0.2, 0) is 65.4 Å². The van der Waals surface area contributed by atoms with Crippen LogP contribution in [0.15, 0.2) is 139 Å². The Morgan fingerprint density at radius 2 is 1.24 bits per heavy atom. The van der Waals surface area contributed by atoms with Gasteiger partial charge in [-0.25, -0.2) is 4.99 Å². The van der Waals surface area contributed by atoms with E-state index >= 15 is 13.2 Å². The molecule has 3 heterocycles. The molecule has 3 aliphatic rings. The van der Waals surface area contributed by atoms with Gasteiger partial charge in [-0.1, -0.05) is 185 Å². The highest BCUT2D eigenvalue weighted by atomic mass is 35.6. The fourth-order valence-electron chi connectivity index (χ4n) is 7.79. The standard InChI is InChI=1S/C48H46Cl6F3N3O11/c1-2-23-64-38-34(59-43(61)46(49,50)51)41(68-33-27-66-40(69-37(33)38)30-19-11-5-12-20-30)70-36-32(26-63-24-28-15-7-3-8-16-28)67-42(71-45(48(55,56)57)58-31-21-13-6-14-22-31)35(60-44(62)47(52,53)54)39(36)65-25-29-17-9-4-10-18-29/h2-22,32-42H,1,23-27H2,(H,59,61)(H,60,62)/t32-,33-,34-,35-,36-,37+,38-,39-,40+,41+,42?/m1/s1. The molecule has 11 atom stereocenters. The molecular formula is C48H46Cl6F3N3O11. The van der Waals surface area contributed by atoms with Crippen LogP contribution < -0.4 is 10.6 Å². The van der Waals surface area contributed by atoms with Crippen molar-refractivity contribution in [2.45, 2.75) is 94.6 Å². The Bertz CT molecular complexity index is 2380. The zero-order valence-corrected chi connectivity index (χ0v) is 41.6. The smallest absolute Gasteiger partial charge is 0.442 e. The molecule has 14 nitrogen and oxygen atoms in total. The van der Waals surface area contributed by atoms with Gasteiger partial charge in [-0.3, -0.25) is 9.59 Å². The van der Waals surface area contributed by atoms with Gasteiger partial charge < -0.3 is 53.3 Å². The summed E-state index contributed by atoms with van der Waals surface area (Å²) in [7, 11) is 0. The van der Waals surface area contributed by atoms with Crippen LogP contribution in [0.1, 0.15) is 23.0 Å². The summed E-state index contributed by atoms with van der Waals surface area (Å²) in [4.78, 5) is 31.2. The van der Waals surface area contributed by atoms with E-state index in [9.17, 15) is 9.59 Å². The van der Waals surface area contributed by atoms with Crippen molar-refractivity contribution in [2.75, 3.05) is 19.8 Å². The van der Waals surface area contributed by atoms with Gasteiger partial charge >= 0.3 is 6.18 Å². The molecule has 3 aliphatic heterocycles. The molecule has 0 spiro atoms. The summed E-state index contributed by atoms with van der Waals surface area (Å²) in [6, 6.07) is 30.5. The average molecular weight is 1110 g/mol. The molecule has 382 valence electrons. The number of nitrogens with zero attached hydrogens (tertiary/aromatic N) is 1. The van der Waals surface area contributed by atoms with Gasteiger partial charge in [-0.2, -0.15) is 13.2 Å². The molecule has 4 aromatic rings. The number of nitrogens with one attached hydrogen (secondary N) is 2. The first kappa shape index (κ1) is 55.0. The number of alkyl halides is 9. The van der Waals surface area contributed by atoms with E-state index in [1.807, 2.05) is 6.07 Å². The van der Waals surface area contributed by atoms with Crippen LogP contribution in [0.3, 0.4) is 0 Å². The number of carbonyl (C=O) groups excluding carboxylic acids is 2. The van der Waals surface area contributed by atoms with Gasteiger partial charge in [0.1, 0.15) is 48.7 Å². The fourth-order valence-corrected chi connectivity index (χ4v) is 8.12. The minimum atomic E-state index is -5.24. The normalized spacial score (nSPS) is 27.2. The highest BCUT2D eigenvalue weighted by Crippen LogP contribution is 2.40. The highest BCUT2D eigenvalue weighted by molar-refractivity contribution is 6.76. The molecule has 1 unspecified atom stereocenters. The number of aliphatic imine (C=N–C) groups is 1. The van der Waals surface area contributed by atoms with Gasteiger partial charge in [0, 0.05) is 5.56 Å². The number of hydrogen-bond donors (Lipinski definition) is 2. The summed E-state index contributed by atoms with van der Waals surface area (Å²) in [5.41, 5.74) is 1.82. The molecule has 71 heavy (non-hydrogen) atoms. The van der Waals surface area contributed by atoms with E-state index < -0.39 is 106 Å². The van der Waals surface area contributed by atoms with Crippen LogP contribution in [0.4, 0.5) is 18.9 Å². The lowest BCUT2D eigenvalue weighted by atomic mass is 9.93. The molecule has 0 saturated carbocycles. The van der Waals surface area contributed by atoms with E-state index in [1.54, 1.807) is 91.0 Å². The summed E-state index contributed by atoms with van der Waals surface area (Å²) in [5.74, 6) is -4.20. The average Bonchev–Trinajstić information content (AvgIpc) is 3.34. The topological polar surface area (TPSA) is 154 Å². The van der Waals surface area contributed by atoms with Gasteiger partial charge in [0.15, 0.2) is 12.6 Å². The monoisotopic (exact) mass is 1110 g/mol. The van der Waals surface area contributed by atoms with Gasteiger partial charge in [-0.05, 0) is 23.3 Å². The summed E-state index contributed by atoms with van der Waals surface area (Å²) in [5, 5.41) is 5.13. The number of carbonyl (C=O) groups is 2. The van der Waals surface area contributed by atoms with Crippen molar-refractivity contribution < 1.29 is 65.4 Å². The van der Waals surface area contributed by atoms with Crippen molar-refractivity contribution >= 4 is 93.0 Å². The Hall–Kier alpha value is -3.76. The van der Waals surface area contributed by atoms with Crippen LogP contribution >= 0.6 is 69.6 Å². The Balaban J connectivity index is 1.34. The second-order valence-corrected chi connectivity index (χ2v) is 20.6. The predicted molar refractivity (Wildman–Crippen MR) is 258 cm³/mol. The van der Waals surface area contributed by atoms with E-state index in [0.717, 1.165) is 5.56 Å². The Labute approximate surface area is 436 Å². The Morgan fingerprint density at radius 1 is 0.690 bits per heavy atom. The first-order valence-corrected chi connectivity index (χ1v) is 24.1. The molecule has 0 aromatic heterocycles. The lowest BCUT2D eigenvalue weighted by molar-refractivity contribution is -0.368. The molecule has 0 aliphatic carbocycles. The van der Waals surface area contributed by atoms with Crippen molar-refractivity contribution in [1.82, 2.24) is 10.6 Å². The number of fused-ring (bicyclic) bond motifs is 1. The number of para-hydroxylation sites is 1. The van der Waals surface area contributed by atoms with E-state index in [-0.39, 0.29) is 32.1 Å². The molecule has 23 heteroatoms. The number of halogens is 9. The minimum absolute atomic E-state index is 0.0223. The van der Waals surface area contributed by atoms with Gasteiger partial charge in [0.2, 0.25) is 6.29 Å². The second kappa shape index (κ2) is 25.0. The highest BCUT2D eigenvalue weighted by Gasteiger charge is 2.58. The zero-order chi connectivity index (χ0) is 50.8. The molecule has 7 rings (SSSR count). The van der Waals surface area contributed by atoms with Crippen molar-refractivity contribution in [3.05, 3.63) is 151 Å². The maximum atomic E-state index is 15.0. The molecular weight excluding hydrogens is 1060 g/mol. The number of rotatable bonds is 17. The van der Waals surface area contributed by atoms with Crippen LogP contribution in [0, 0.1) is 0 Å². The number of ether oxygens (including phenoxy) is 9. The molecule has 0 bridgehead atoms. The van der Waals surface area contributed by atoms with Gasteiger partial charge in [-0.15, -0.1) is 6.58 Å². The largest absolute Gasteiger partial charge is 0.468 e. The van der Waals surface area contributed by atoms with Crippen LogP contribution in [0.5, 0.6) is 0 Å². The van der Waals surface area contributed by atoms with Crippen LogP contribution in [0.25, 0.3) is 0 Å². The third-order valence-electron chi connectivity index (χ3n) is 11.0. The Kier molecular flexibility index (Phi) is 19.4. The molecule has 3 fully saturated rings. The lowest BCUT2D eigenvalue weighted by Gasteiger charge is -2.52. The van der Waals surface area contributed by atoms with E-state index in [0.29, 0.717) is 11.1 Å². The SMILES string of the molecule is C=CCO[C@@H]1[C@@H](NC(=O)C(Cl)(Cl)Cl)[C@H](O[C@H]2[C@H](OCc3ccccc3)[C@@H](NC(=O)C(Cl)(Cl)Cl)C(OC(=Nc3ccccc3)C(F)(F)F)O[C@@H]2COCc2ccccc2)O[C@@H]2CO[C@H](c3ccccc3)O[C@H]12. The molecule has 0 radical (unpaired) electrons. The number of amides is 2. The van der Waals surface area contributed by atoms with Crippen molar-refractivity contribution in [2.24, 2.45) is 4.99 Å². The summed E-state index contributed by atoms with van der Waals surface area (Å²) < 4.78 is 97.1. The van der Waals surface area contributed by atoms with Crippen molar-refractivity contribution in [1.29, 1.82) is 0 Å². The molecule has 2 amide bonds. The van der Waals surface area contributed by atoms with Crippen molar-refractivity contribution in [3.8, 4) is 0 Å². The molecule has 3 saturated heterocycles. The number of benzene rings is 4. The predicted octanol–water partition coefficient (Wildman–Crippen LogP) is 9.33. The third-order valence-corrected chi connectivity index (χ3v) is 12.0. The second-order valence-electron chi connectivity index (χ2n) is 16.1. The maximum Gasteiger partial charge on any atom is 0.468 e. The summed E-state index contributed by atoms with van der Waals surface area (Å²) in [6.45, 7) is 2.86. The first-order valence-electron chi connectivity index (χ1n) is 21.8. The molecule has 2 N–H and O–H groups in total. The van der Waals surface area contributed by atoms with Gasteiger partial charge in [0.25, 0.3) is 25.3 Å². The van der Waals surface area contributed by atoms with E-state index in [4.69, 9.17) is 112 Å². The fraction of sp³-hybridized carbons (Fsp3) is 0.396. The summed E-state index contributed by atoms with van der Waals surface area (Å²) in [6.07, 6.45) is -16.3. The van der Waals surface area contributed by atoms with E-state index in [2.05, 4.69) is 22.2 Å². The third kappa shape index (κ3) is 15.2. The van der Waals surface area contributed by atoms with Gasteiger partial charge in [0.05, 0.1) is 38.7 Å². The minimum Gasteiger partial charge on any atom is -0.442 e. The van der Waals surface area contributed by atoms with Crippen LogP contribution in [-0.4, -0.2) is 113 Å². The van der Waals surface area contributed by atoms with E-state index in [1.165, 1.54) is 30.3 Å². The Morgan fingerprint density at radius 3 is 1.80 bits per heavy atom. The first-order chi connectivity index (χ1) is 33.9. The number of hydrogen-bond acceptors (Lipinski definition) is 12.